The monoisotopic (exact) mass is 281 g/mol. The van der Waals surface area contributed by atoms with Gasteiger partial charge < -0.3 is 14.8 Å². The molecule has 19 heavy (non-hydrogen) atoms. The molecule has 0 spiro atoms. The van der Waals surface area contributed by atoms with Crippen molar-refractivity contribution in [3.05, 3.63) is 35.9 Å². The highest BCUT2D eigenvalue weighted by Crippen LogP contribution is 2.33. The number of hydrogen-bond acceptors (Lipinski definition) is 3. The first kappa shape index (κ1) is 15.6. The molecule has 2 aromatic rings. The standard InChI is InChI=1S/C15H19NO2.ClH/c1-16-9-8-11-4-5-12-13(10-11)15(18-3)7-6-14(12)17-2;/h4-7,10,16H,8-9H2,1-3H3;1H. The first-order valence-electron chi connectivity index (χ1n) is 6.08. The summed E-state index contributed by atoms with van der Waals surface area (Å²) < 4.78 is 10.8. The summed E-state index contributed by atoms with van der Waals surface area (Å²) >= 11 is 0. The van der Waals surface area contributed by atoms with E-state index in [0.717, 1.165) is 35.2 Å². The quantitative estimate of drug-likeness (QED) is 0.914. The van der Waals surface area contributed by atoms with Gasteiger partial charge in [0.15, 0.2) is 0 Å². The summed E-state index contributed by atoms with van der Waals surface area (Å²) in [5.41, 5.74) is 1.29. The molecule has 4 heteroatoms. The Kier molecular flexibility index (Phi) is 5.93. The Morgan fingerprint density at radius 2 is 1.58 bits per heavy atom. The van der Waals surface area contributed by atoms with E-state index in [0.29, 0.717) is 0 Å². The average Bonchev–Trinajstić information content (AvgIpc) is 2.43. The first-order chi connectivity index (χ1) is 8.80. The van der Waals surface area contributed by atoms with Gasteiger partial charge >= 0.3 is 0 Å². The van der Waals surface area contributed by atoms with E-state index < -0.39 is 0 Å². The fourth-order valence-corrected chi connectivity index (χ4v) is 2.12. The van der Waals surface area contributed by atoms with Crippen molar-refractivity contribution in [3.63, 3.8) is 0 Å². The number of benzene rings is 2. The van der Waals surface area contributed by atoms with Gasteiger partial charge in [-0.05, 0) is 43.8 Å². The molecule has 0 aliphatic rings. The summed E-state index contributed by atoms with van der Waals surface area (Å²) in [5.74, 6) is 1.77. The highest BCUT2D eigenvalue weighted by atomic mass is 35.5. The summed E-state index contributed by atoms with van der Waals surface area (Å²) in [6.07, 6.45) is 1.01. The van der Waals surface area contributed by atoms with Gasteiger partial charge in [0, 0.05) is 10.8 Å². The topological polar surface area (TPSA) is 30.5 Å². The maximum absolute atomic E-state index is 5.42. The van der Waals surface area contributed by atoms with E-state index in [1.54, 1.807) is 14.2 Å². The first-order valence-corrected chi connectivity index (χ1v) is 6.08. The second kappa shape index (κ2) is 7.22. The molecule has 0 aliphatic carbocycles. The lowest BCUT2D eigenvalue weighted by atomic mass is 10.0. The van der Waals surface area contributed by atoms with Crippen LogP contribution in [0.1, 0.15) is 5.56 Å². The summed E-state index contributed by atoms with van der Waals surface area (Å²) in [4.78, 5) is 0. The van der Waals surface area contributed by atoms with Crippen LogP contribution in [0.2, 0.25) is 0 Å². The minimum atomic E-state index is 0. The van der Waals surface area contributed by atoms with Crippen LogP contribution >= 0.6 is 12.4 Å². The zero-order valence-electron chi connectivity index (χ0n) is 11.5. The highest BCUT2D eigenvalue weighted by Gasteiger charge is 2.07. The van der Waals surface area contributed by atoms with Gasteiger partial charge in [-0.15, -0.1) is 12.4 Å². The molecule has 1 N–H and O–H groups in total. The van der Waals surface area contributed by atoms with E-state index in [-0.39, 0.29) is 12.4 Å². The second-order valence-electron chi connectivity index (χ2n) is 4.20. The molecule has 3 nitrogen and oxygen atoms in total. The van der Waals surface area contributed by atoms with Crippen LogP contribution in [-0.2, 0) is 6.42 Å². The van der Waals surface area contributed by atoms with E-state index in [2.05, 4.69) is 23.5 Å². The van der Waals surface area contributed by atoms with E-state index in [1.165, 1.54) is 5.56 Å². The van der Waals surface area contributed by atoms with Gasteiger partial charge in [0.2, 0.25) is 0 Å². The molecule has 0 radical (unpaired) electrons. The minimum absolute atomic E-state index is 0. The fourth-order valence-electron chi connectivity index (χ4n) is 2.12. The van der Waals surface area contributed by atoms with Crippen LogP contribution in [0, 0.1) is 0 Å². The third-order valence-electron chi connectivity index (χ3n) is 3.10. The SMILES string of the molecule is CNCCc1ccc2c(OC)ccc(OC)c2c1.Cl. The molecule has 0 bridgehead atoms. The second-order valence-corrected chi connectivity index (χ2v) is 4.20. The largest absolute Gasteiger partial charge is 0.496 e. The van der Waals surface area contributed by atoms with Crippen LogP contribution in [0.15, 0.2) is 30.3 Å². The summed E-state index contributed by atoms with van der Waals surface area (Å²) in [6.45, 7) is 0.970. The maximum Gasteiger partial charge on any atom is 0.126 e. The van der Waals surface area contributed by atoms with Crippen molar-refractivity contribution in [2.24, 2.45) is 0 Å². The van der Waals surface area contributed by atoms with Crippen molar-refractivity contribution in [1.29, 1.82) is 0 Å². The maximum atomic E-state index is 5.42. The van der Waals surface area contributed by atoms with Crippen molar-refractivity contribution >= 4 is 23.2 Å². The molecule has 0 saturated carbocycles. The number of rotatable bonds is 5. The van der Waals surface area contributed by atoms with Gasteiger partial charge in [-0.2, -0.15) is 0 Å². The van der Waals surface area contributed by atoms with Crippen molar-refractivity contribution in [1.82, 2.24) is 5.32 Å². The Morgan fingerprint density at radius 3 is 2.16 bits per heavy atom. The van der Waals surface area contributed by atoms with Crippen LogP contribution in [0.3, 0.4) is 0 Å². The van der Waals surface area contributed by atoms with E-state index >= 15 is 0 Å². The van der Waals surface area contributed by atoms with Crippen molar-refractivity contribution < 1.29 is 9.47 Å². The lowest BCUT2D eigenvalue weighted by Gasteiger charge is -2.11. The number of nitrogens with one attached hydrogen (secondary N) is 1. The van der Waals surface area contributed by atoms with Crippen LogP contribution in [0.5, 0.6) is 11.5 Å². The minimum Gasteiger partial charge on any atom is -0.496 e. The predicted octanol–water partition coefficient (Wildman–Crippen LogP) is 3.04. The average molecular weight is 282 g/mol. The summed E-state index contributed by atoms with van der Waals surface area (Å²) in [5, 5.41) is 5.35. The third kappa shape index (κ3) is 3.31. The number of hydrogen-bond donors (Lipinski definition) is 1. The van der Waals surface area contributed by atoms with Crippen LogP contribution in [-0.4, -0.2) is 27.8 Å². The van der Waals surface area contributed by atoms with E-state index in [9.17, 15) is 0 Å². The predicted molar refractivity (Wildman–Crippen MR) is 81.9 cm³/mol. The van der Waals surface area contributed by atoms with Crippen LogP contribution in [0.25, 0.3) is 10.8 Å². The Bertz CT molecular complexity index is 543. The molecular weight excluding hydrogens is 262 g/mol. The number of ether oxygens (including phenoxy) is 2. The molecule has 0 aliphatic heterocycles. The van der Waals surface area contributed by atoms with Gasteiger partial charge in [-0.25, -0.2) is 0 Å². The number of likely N-dealkylation sites (N-methyl/N-ethyl adjacent to an activating group) is 1. The highest BCUT2D eigenvalue weighted by molar-refractivity contribution is 5.93. The van der Waals surface area contributed by atoms with Gasteiger partial charge in [0.25, 0.3) is 0 Å². The lowest BCUT2D eigenvalue weighted by molar-refractivity contribution is 0.410. The normalized spacial score (nSPS) is 10.1. The zero-order chi connectivity index (χ0) is 13.0. The van der Waals surface area contributed by atoms with Gasteiger partial charge in [-0.3, -0.25) is 0 Å². The molecule has 2 rings (SSSR count). The third-order valence-corrected chi connectivity index (χ3v) is 3.10. The molecule has 2 aromatic carbocycles. The van der Waals surface area contributed by atoms with Crippen LogP contribution in [0.4, 0.5) is 0 Å². The smallest absolute Gasteiger partial charge is 0.126 e. The van der Waals surface area contributed by atoms with E-state index in [4.69, 9.17) is 9.47 Å². The van der Waals surface area contributed by atoms with Crippen molar-refractivity contribution in [2.45, 2.75) is 6.42 Å². The van der Waals surface area contributed by atoms with Crippen LogP contribution < -0.4 is 14.8 Å². The van der Waals surface area contributed by atoms with Gasteiger partial charge in [0.1, 0.15) is 11.5 Å². The Morgan fingerprint density at radius 1 is 0.947 bits per heavy atom. The fraction of sp³-hybridized carbons (Fsp3) is 0.333. The Hall–Kier alpha value is -1.45. The molecule has 0 aromatic heterocycles. The van der Waals surface area contributed by atoms with Crippen molar-refractivity contribution in [3.8, 4) is 11.5 Å². The Labute approximate surface area is 120 Å². The molecule has 0 saturated heterocycles. The molecule has 0 amide bonds. The summed E-state index contributed by atoms with van der Waals surface area (Å²) in [6, 6.07) is 10.3. The van der Waals surface area contributed by atoms with Gasteiger partial charge in [0.05, 0.1) is 14.2 Å². The molecular formula is C15H20ClNO2. The van der Waals surface area contributed by atoms with Gasteiger partial charge in [-0.1, -0.05) is 12.1 Å². The van der Waals surface area contributed by atoms with Crippen molar-refractivity contribution in [2.75, 3.05) is 27.8 Å². The molecule has 0 fully saturated rings. The number of halogens is 1. The van der Waals surface area contributed by atoms with E-state index in [1.807, 2.05) is 19.2 Å². The molecule has 0 atom stereocenters. The number of fused-ring (bicyclic) bond motifs is 1. The summed E-state index contributed by atoms with van der Waals surface area (Å²) in [7, 11) is 5.35. The number of methoxy groups -OCH3 is 2. The molecule has 104 valence electrons. The molecule has 0 unspecified atom stereocenters. The zero-order valence-corrected chi connectivity index (χ0v) is 12.3. The molecule has 0 heterocycles. The lowest BCUT2D eigenvalue weighted by Crippen LogP contribution is -2.10. The Balaban J connectivity index is 0.00000180.